The minimum atomic E-state index is 0.171. The summed E-state index contributed by atoms with van der Waals surface area (Å²) in [6, 6.07) is 24.3. The Morgan fingerprint density at radius 1 is 0.917 bits per heavy atom. The summed E-state index contributed by atoms with van der Waals surface area (Å²) >= 11 is 0. The Labute approximate surface area is 142 Å². The van der Waals surface area contributed by atoms with E-state index in [2.05, 4.69) is 17.1 Å². The van der Waals surface area contributed by atoms with Gasteiger partial charge in [-0.2, -0.15) is 0 Å². The van der Waals surface area contributed by atoms with E-state index in [1.54, 1.807) is 6.20 Å². The van der Waals surface area contributed by atoms with E-state index < -0.39 is 0 Å². The maximum Gasteiger partial charge on any atom is 0.140 e. The van der Waals surface area contributed by atoms with Crippen molar-refractivity contribution < 1.29 is 4.79 Å². The largest absolute Gasteiger partial charge is 0.299 e. The molecule has 0 amide bonds. The molecule has 2 atom stereocenters. The lowest BCUT2D eigenvalue weighted by molar-refractivity contribution is -0.119. The zero-order valence-electron chi connectivity index (χ0n) is 13.4. The van der Waals surface area contributed by atoms with E-state index in [0.29, 0.717) is 18.1 Å². The molecule has 0 spiro atoms. The third kappa shape index (κ3) is 3.00. The first kappa shape index (κ1) is 14.8. The van der Waals surface area contributed by atoms with Crippen molar-refractivity contribution in [3.8, 4) is 11.3 Å². The van der Waals surface area contributed by atoms with E-state index in [4.69, 9.17) is 0 Å². The molecule has 118 valence electrons. The van der Waals surface area contributed by atoms with Gasteiger partial charge in [0.25, 0.3) is 0 Å². The van der Waals surface area contributed by atoms with Gasteiger partial charge in [-0.1, -0.05) is 60.7 Å². The first-order valence-corrected chi connectivity index (χ1v) is 8.40. The van der Waals surface area contributed by atoms with Gasteiger partial charge in [-0.25, -0.2) is 0 Å². The number of carbonyl (C=O) groups excluding carboxylic acids is 1. The second kappa shape index (κ2) is 6.40. The smallest absolute Gasteiger partial charge is 0.140 e. The Bertz CT molecular complexity index is 842. The Kier molecular flexibility index (Phi) is 3.96. The van der Waals surface area contributed by atoms with Crippen LogP contribution in [0.3, 0.4) is 0 Å². The van der Waals surface area contributed by atoms with Crippen LogP contribution in [0.25, 0.3) is 11.3 Å². The summed E-state index contributed by atoms with van der Waals surface area (Å²) in [7, 11) is 0. The average Bonchev–Trinajstić information content (AvgIpc) is 3.45. The molecule has 1 aliphatic rings. The fourth-order valence-corrected chi connectivity index (χ4v) is 3.38. The van der Waals surface area contributed by atoms with E-state index in [9.17, 15) is 4.79 Å². The maximum absolute atomic E-state index is 12.7. The summed E-state index contributed by atoms with van der Waals surface area (Å²) in [5.41, 5.74) is 4.34. The van der Waals surface area contributed by atoms with E-state index in [1.165, 1.54) is 5.56 Å². The van der Waals surface area contributed by atoms with Crippen LogP contribution in [0.1, 0.15) is 23.5 Å². The SMILES string of the molecule is O=C(Cc1ccccc1-c1ccccn1)[C@@H]1C[C@H]1c1ccccc1. The molecular formula is C22H19NO. The summed E-state index contributed by atoms with van der Waals surface area (Å²) in [6.45, 7) is 0. The highest BCUT2D eigenvalue weighted by Gasteiger charge is 2.43. The Morgan fingerprint density at radius 3 is 2.46 bits per heavy atom. The van der Waals surface area contributed by atoms with Gasteiger partial charge in [0.15, 0.2) is 0 Å². The molecule has 3 aromatic rings. The second-order valence-electron chi connectivity index (χ2n) is 6.37. The first-order valence-electron chi connectivity index (χ1n) is 8.40. The minimum Gasteiger partial charge on any atom is -0.299 e. The van der Waals surface area contributed by atoms with Crippen molar-refractivity contribution in [1.82, 2.24) is 4.98 Å². The number of aromatic nitrogens is 1. The quantitative estimate of drug-likeness (QED) is 0.685. The van der Waals surface area contributed by atoms with E-state index >= 15 is 0 Å². The topological polar surface area (TPSA) is 30.0 Å². The number of Topliss-reactive ketones (excluding diaryl/α,β-unsaturated/α-hetero) is 1. The number of ketones is 1. The molecule has 24 heavy (non-hydrogen) atoms. The lowest BCUT2D eigenvalue weighted by Crippen LogP contribution is -2.07. The molecule has 1 aliphatic carbocycles. The molecule has 0 radical (unpaired) electrons. The van der Waals surface area contributed by atoms with Crippen molar-refractivity contribution in [2.75, 3.05) is 0 Å². The molecule has 1 aromatic heterocycles. The van der Waals surface area contributed by atoms with Crippen LogP contribution in [0.15, 0.2) is 79.0 Å². The van der Waals surface area contributed by atoms with Crippen LogP contribution in [-0.4, -0.2) is 10.8 Å². The normalized spacial score (nSPS) is 19.0. The third-order valence-corrected chi connectivity index (χ3v) is 4.75. The Balaban J connectivity index is 1.52. The van der Waals surface area contributed by atoms with Crippen LogP contribution >= 0.6 is 0 Å². The number of pyridine rings is 1. The lowest BCUT2D eigenvalue weighted by atomic mass is 9.97. The fraction of sp³-hybridized carbons (Fsp3) is 0.182. The summed E-state index contributed by atoms with van der Waals surface area (Å²) < 4.78 is 0. The first-order chi connectivity index (χ1) is 11.8. The van der Waals surface area contributed by atoms with Gasteiger partial charge in [0, 0.05) is 24.1 Å². The van der Waals surface area contributed by atoms with Crippen LogP contribution in [-0.2, 0) is 11.2 Å². The summed E-state index contributed by atoms with van der Waals surface area (Å²) in [5, 5.41) is 0. The van der Waals surface area contributed by atoms with Gasteiger partial charge in [0.1, 0.15) is 5.78 Å². The summed E-state index contributed by atoms with van der Waals surface area (Å²) in [5.74, 6) is 0.914. The standard InChI is InChI=1S/C22H19NO/c24-22(20-15-19(20)16-8-2-1-3-9-16)14-17-10-4-5-11-18(17)21-12-6-7-13-23-21/h1-13,19-20H,14-15H2/t19-,20+/m0/s1. The highest BCUT2D eigenvalue weighted by atomic mass is 16.1. The molecule has 0 bridgehead atoms. The highest BCUT2D eigenvalue weighted by Crippen LogP contribution is 2.48. The number of rotatable bonds is 5. The van der Waals surface area contributed by atoms with E-state index in [0.717, 1.165) is 23.2 Å². The minimum absolute atomic E-state index is 0.171. The van der Waals surface area contributed by atoms with Gasteiger partial charge in [-0.15, -0.1) is 0 Å². The lowest BCUT2D eigenvalue weighted by Gasteiger charge is -2.08. The second-order valence-corrected chi connectivity index (χ2v) is 6.37. The maximum atomic E-state index is 12.7. The van der Waals surface area contributed by atoms with Crippen molar-refractivity contribution in [3.05, 3.63) is 90.1 Å². The number of benzene rings is 2. The van der Waals surface area contributed by atoms with Gasteiger partial charge >= 0.3 is 0 Å². The molecule has 2 nitrogen and oxygen atoms in total. The summed E-state index contributed by atoms with van der Waals surface area (Å²) in [6.07, 6.45) is 3.26. The zero-order chi connectivity index (χ0) is 16.4. The Morgan fingerprint density at radius 2 is 1.67 bits per heavy atom. The Hall–Kier alpha value is -2.74. The van der Waals surface area contributed by atoms with Crippen molar-refractivity contribution in [2.45, 2.75) is 18.8 Å². The van der Waals surface area contributed by atoms with Crippen molar-refractivity contribution >= 4 is 5.78 Å². The van der Waals surface area contributed by atoms with Crippen LogP contribution in [0, 0.1) is 5.92 Å². The van der Waals surface area contributed by atoms with Gasteiger partial charge in [-0.3, -0.25) is 9.78 Å². The molecule has 1 heterocycles. The molecule has 0 aliphatic heterocycles. The monoisotopic (exact) mass is 313 g/mol. The molecule has 2 aromatic carbocycles. The van der Waals surface area contributed by atoms with E-state index in [1.807, 2.05) is 60.7 Å². The molecule has 0 N–H and O–H groups in total. The number of hydrogen-bond acceptors (Lipinski definition) is 2. The van der Waals surface area contributed by atoms with Gasteiger partial charge in [0.2, 0.25) is 0 Å². The van der Waals surface area contributed by atoms with Crippen molar-refractivity contribution in [1.29, 1.82) is 0 Å². The van der Waals surface area contributed by atoms with Crippen molar-refractivity contribution in [2.24, 2.45) is 5.92 Å². The van der Waals surface area contributed by atoms with Gasteiger partial charge in [-0.05, 0) is 35.6 Å². The zero-order valence-corrected chi connectivity index (χ0v) is 13.4. The number of nitrogens with zero attached hydrogens (tertiary/aromatic N) is 1. The number of carbonyl (C=O) groups is 1. The van der Waals surface area contributed by atoms with E-state index in [-0.39, 0.29) is 5.92 Å². The fourth-order valence-electron chi connectivity index (χ4n) is 3.38. The van der Waals surface area contributed by atoms with Crippen LogP contribution < -0.4 is 0 Å². The van der Waals surface area contributed by atoms with Gasteiger partial charge in [0.05, 0.1) is 5.69 Å². The van der Waals surface area contributed by atoms with Crippen LogP contribution in [0.5, 0.6) is 0 Å². The summed E-state index contributed by atoms with van der Waals surface area (Å²) in [4.78, 5) is 17.2. The highest BCUT2D eigenvalue weighted by molar-refractivity contribution is 5.88. The number of hydrogen-bond donors (Lipinski definition) is 0. The molecule has 4 rings (SSSR count). The van der Waals surface area contributed by atoms with Gasteiger partial charge < -0.3 is 0 Å². The predicted octanol–water partition coefficient (Wildman–Crippen LogP) is 4.66. The average molecular weight is 313 g/mol. The molecule has 1 fully saturated rings. The third-order valence-electron chi connectivity index (χ3n) is 4.75. The molecular weight excluding hydrogens is 294 g/mol. The predicted molar refractivity (Wildman–Crippen MR) is 95.7 cm³/mol. The molecule has 1 saturated carbocycles. The molecule has 0 saturated heterocycles. The molecule has 0 unspecified atom stereocenters. The van der Waals surface area contributed by atoms with Crippen molar-refractivity contribution in [3.63, 3.8) is 0 Å². The molecule has 2 heteroatoms. The van der Waals surface area contributed by atoms with Crippen LogP contribution in [0.2, 0.25) is 0 Å². The van der Waals surface area contributed by atoms with Crippen LogP contribution in [0.4, 0.5) is 0 Å².